The molecule has 82 valence electrons. The van der Waals surface area contributed by atoms with Crippen LogP contribution in [0.1, 0.15) is 23.6 Å². The van der Waals surface area contributed by atoms with E-state index in [0.717, 1.165) is 5.56 Å². The average molecular weight is 274 g/mol. The van der Waals surface area contributed by atoms with Gasteiger partial charge in [-0.05, 0) is 40.0 Å². The van der Waals surface area contributed by atoms with E-state index < -0.39 is 12.0 Å². The Morgan fingerprint density at radius 3 is 2.67 bits per heavy atom. The van der Waals surface area contributed by atoms with Crippen LogP contribution in [0.15, 0.2) is 16.6 Å². The van der Waals surface area contributed by atoms with Gasteiger partial charge in [0.15, 0.2) is 0 Å². The van der Waals surface area contributed by atoms with Gasteiger partial charge in [0.05, 0.1) is 10.9 Å². The van der Waals surface area contributed by atoms with Crippen LogP contribution in [0.2, 0.25) is 0 Å². The molecule has 4 N–H and O–H groups in total. The fraction of sp³-hybridized carbons (Fsp3) is 0.300. The summed E-state index contributed by atoms with van der Waals surface area (Å²) in [6.45, 7) is 1.81. The van der Waals surface area contributed by atoms with Crippen molar-refractivity contribution in [3.8, 4) is 5.75 Å². The van der Waals surface area contributed by atoms with Gasteiger partial charge in [0.2, 0.25) is 0 Å². The number of aryl methyl sites for hydroxylation is 1. The van der Waals surface area contributed by atoms with E-state index >= 15 is 0 Å². The first-order chi connectivity index (χ1) is 6.91. The second-order valence-electron chi connectivity index (χ2n) is 3.38. The third kappa shape index (κ3) is 2.94. The second kappa shape index (κ2) is 4.63. The molecule has 0 fully saturated rings. The number of aliphatic carboxylic acids is 1. The topological polar surface area (TPSA) is 83.6 Å². The highest BCUT2D eigenvalue weighted by Gasteiger charge is 2.13. The third-order valence-electron chi connectivity index (χ3n) is 2.08. The number of benzene rings is 1. The van der Waals surface area contributed by atoms with E-state index in [1.54, 1.807) is 13.0 Å². The Morgan fingerprint density at radius 1 is 1.60 bits per heavy atom. The molecule has 1 aromatic rings. The first-order valence-electron chi connectivity index (χ1n) is 4.38. The number of aromatic hydroxyl groups is 1. The van der Waals surface area contributed by atoms with Gasteiger partial charge in [0, 0.05) is 6.04 Å². The zero-order valence-corrected chi connectivity index (χ0v) is 9.78. The minimum Gasteiger partial charge on any atom is -0.507 e. The largest absolute Gasteiger partial charge is 0.507 e. The number of carboxylic acid groups (broad SMARTS) is 1. The number of halogens is 1. The Bertz CT molecular complexity index is 369. The number of rotatable bonds is 3. The van der Waals surface area contributed by atoms with Crippen molar-refractivity contribution in [2.24, 2.45) is 5.73 Å². The molecular weight excluding hydrogens is 262 g/mol. The first-order valence-corrected chi connectivity index (χ1v) is 5.17. The van der Waals surface area contributed by atoms with Crippen LogP contribution in [0, 0.1) is 6.92 Å². The third-order valence-corrected chi connectivity index (χ3v) is 3.11. The van der Waals surface area contributed by atoms with Crippen molar-refractivity contribution in [1.82, 2.24) is 0 Å². The zero-order valence-electron chi connectivity index (χ0n) is 8.20. The lowest BCUT2D eigenvalue weighted by atomic mass is 10.0. The van der Waals surface area contributed by atoms with Gasteiger partial charge in [-0.15, -0.1) is 0 Å². The smallest absolute Gasteiger partial charge is 0.305 e. The fourth-order valence-electron chi connectivity index (χ4n) is 1.30. The molecule has 0 heterocycles. The monoisotopic (exact) mass is 273 g/mol. The Balaban J connectivity index is 3.00. The number of hydrogen-bond donors (Lipinski definition) is 3. The maximum Gasteiger partial charge on any atom is 0.305 e. The lowest BCUT2D eigenvalue weighted by Gasteiger charge is -2.12. The Hall–Kier alpha value is -1.07. The average Bonchev–Trinajstić information content (AvgIpc) is 2.12. The SMILES string of the molecule is Cc1cc(C(N)CC(=O)O)cc(O)c1Br. The minimum absolute atomic E-state index is 0.0749. The maximum absolute atomic E-state index is 10.5. The quantitative estimate of drug-likeness (QED) is 0.786. The predicted molar refractivity (Wildman–Crippen MR) is 59.7 cm³/mol. The van der Waals surface area contributed by atoms with Crippen LogP contribution in [-0.2, 0) is 4.79 Å². The molecule has 5 heteroatoms. The Kier molecular flexibility index (Phi) is 3.71. The minimum atomic E-state index is -0.956. The number of phenolic OH excluding ortho intramolecular Hbond substituents is 1. The van der Waals surface area contributed by atoms with E-state index in [0.29, 0.717) is 10.0 Å². The van der Waals surface area contributed by atoms with Crippen LogP contribution < -0.4 is 5.73 Å². The molecule has 1 atom stereocenters. The molecule has 4 nitrogen and oxygen atoms in total. The molecular formula is C10H12BrNO3. The van der Waals surface area contributed by atoms with Crippen LogP contribution in [-0.4, -0.2) is 16.2 Å². The van der Waals surface area contributed by atoms with Crippen LogP contribution in [0.3, 0.4) is 0 Å². The summed E-state index contributed by atoms with van der Waals surface area (Å²) in [4.78, 5) is 10.5. The van der Waals surface area contributed by atoms with Crippen molar-refractivity contribution in [2.45, 2.75) is 19.4 Å². The summed E-state index contributed by atoms with van der Waals surface area (Å²) in [6, 6.07) is 2.64. The molecule has 0 aliphatic carbocycles. The summed E-state index contributed by atoms with van der Waals surface area (Å²) in [5.41, 5.74) is 7.12. The predicted octanol–water partition coefficient (Wildman–Crippen LogP) is 1.94. The second-order valence-corrected chi connectivity index (χ2v) is 4.17. The highest BCUT2D eigenvalue weighted by molar-refractivity contribution is 9.10. The highest BCUT2D eigenvalue weighted by Crippen LogP contribution is 2.31. The van der Waals surface area contributed by atoms with Crippen molar-refractivity contribution in [1.29, 1.82) is 0 Å². The van der Waals surface area contributed by atoms with Crippen molar-refractivity contribution in [3.63, 3.8) is 0 Å². The Morgan fingerprint density at radius 2 is 2.20 bits per heavy atom. The molecule has 0 aromatic heterocycles. The summed E-state index contributed by atoms with van der Waals surface area (Å²) >= 11 is 3.21. The molecule has 1 aromatic carbocycles. The highest BCUT2D eigenvalue weighted by atomic mass is 79.9. The van der Waals surface area contributed by atoms with Crippen molar-refractivity contribution < 1.29 is 15.0 Å². The van der Waals surface area contributed by atoms with Crippen molar-refractivity contribution in [2.75, 3.05) is 0 Å². The van der Waals surface area contributed by atoms with Gasteiger partial charge < -0.3 is 15.9 Å². The van der Waals surface area contributed by atoms with Gasteiger partial charge in [0.1, 0.15) is 5.75 Å². The van der Waals surface area contributed by atoms with Gasteiger partial charge in [-0.25, -0.2) is 0 Å². The summed E-state index contributed by atoms with van der Waals surface area (Å²) in [6.07, 6.45) is -0.152. The molecule has 0 aliphatic rings. The number of carboxylic acids is 1. The normalized spacial score (nSPS) is 12.5. The molecule has 0 saturated carbocycles. The zero-order chi connectivity index (χ0) is 11.6. The van der Waals surface area contributed by atoms with Gasteiger partial charge in [-0.1, -0.05) is 6.07 Å². The molecule has 0 spiro atoms. The number of nitrogens with two attached hydrogens (primary N) is 1. The molecule has 1 unspecified atom stereocenters. The van der Waals surface area contributed by atoms with Crippen LogP contribution in [0.5, 0.6) is 5.75 Å². The van der Waals surface area contributed by atoms with E-state index in [4.69, 9.17) is 10.8 Å². The molecule has 0 radical (unpaired) electrons. The summed E-state index contributed by atoms with van der Waals surface area (Å²) < 4.78 is 0.605. The van der Waals surface area contributed by atoms with Gasteiger partial charge in [0.25, 0.3) is 0 Å². The van der Waals surface area contributed by atoms with Crippen LogP contribution in [0.25, 0.3) is 0 Å². The van der Waals surface area contributed by atoms with Gasteiger partial charge in [-0.3, -0.25) is 4.79 Å². The molecule has 15 heavy (non-hydrogen) atoms. The summed E-state index contributed by atoms with van der Waals surface area (Å²) in [7, 11) is 0. The number of carbonyl (C=O) groups is 1. The number of phenols is 1. The van der Waals surface area contributed by atoms with E-state index in [2.05, 4.69) is 15.9 Å². The number of hydrogen-bond acceptors (Lipinski definition) is 3. The Labute approximate surface area is 95.8 Å². The van der Waals surface area contributed by atoms with Crippen LogP contribution in [0.4, 0.5) is 0 Å². The lowest BCUT2D eigenvalue weighted by Crippen LogP contribution is -2.15. The van der Waals surface area contributed by atoms with E-state index in [-0.39, 0.29) is 12.2 Å². The maximum atomic E-state index is 10.5. The molecule has 1 rings (SSSR count). The van der Waals surface area contributed by atoms with Crippen molar-refractivity contribution in [3.05, 3.63) is 27.7 Å². The molecule has 0 bridgehead atoms. The molecule has 0 amide bonds. The van der Waals surface area contributed by atoms with Gasteiger partial charge >= 0.3 is 5.97 Å². The van der Waals surface area contributed by atoms with Crippen molar-refractivity contribution >= 4 is 21.9 Å². The van der Waals surface area contributed by atoms with E-state index in [9.17, 15) is 9.90 Å². The summed E-state index contributed by atoms with van der Waals surface area (Å²) in [5.74, 6) is -0.881. The van der Waals surface area contributed by atoms with Crippen LogP contribution >= 0.6 is 15.9 Å². The van der Waals surface area contributed by atoms with Gasteiger partial charge in [-0.2, -0.15) is 0 Å². The summed E-state index contributed by atoms with van der Waals surface area (Å²) in [5, 5.41) is 18.1. The molecule has 0 saturated heterocycles. The van der Waals surface area contributed by atoms with E-state index in [1.807, 2.05) is 0 Å². The lowest BCUT2D eigenvalue weighted by molar-refractivity contribution is -0.137. The fourth-order valence-corrected chi connectivity index (χ4v) is 1.53. The van der Waals surface area contributed by atoms with E-state index in [1.165, 1.54) is 6.07 Å². The molecule has 0 aliphatic heterocycles. The standard InChI is InChI=1S/C10H12BrNO3/c1-5-2-6(3-8(13)10(5)11)7(12)4-9(14)15/h2-3,7,13H,4,12H2,1H3,(H,14,15). The first kappa shape index (κ1) is 12.0.